The lowest BCUT2D eigenvalue weighted by molar-refractivity contribution is -0.123. The first-order valence-corrected chi connectivity index (χ1v) is 9.92. The van der Waals surface area contributed by atoms with E-state index >= 15 is 0 Å². The number of hydrogen-bond acceptors (Lipinski definition) is 4. The minimum atomic E-state index is -0.205. The summed E-state index contributed by atoms with van der Waals surface area (Å²) in [4.78, 5) is 28.5. The summed E-state index contributed by atoms with van der Waals surface area (Å²) in [5, 5.41) is 2.88. The van der Waals surface area contributed by atoms with Crippen molar-refractivity contribution < 1.29 is 14.3 Å². The number of nitrogens with one attached hydrogen (secondary N) is 1. The number of hydrogen-bond donors (Lipinski definition) is 1. The van der Waals surface area contributed by atoms with Gasteiger partial charge in [0.05, 0.1) is 7.11 Å². The molecule has 0 aliphatic heterocycles. The van der Waals surface area contributed by atoms with Crippen LogP contribution in [0.2, 0.25) is 0 Å². The predicted octanol–water partition coefficient (Wildman–Crippen LogP) is 3.52. The van der Waals surface area contributed by atoms with Gasteiger partial charge in [-0.3, -0.25) is 9.59 Å². The highest BCUT2D eigenvalue weighted by Gasteiger charge is 2.18. The monoisotopic (exact) mass is 397 g/mol. The van der Waals surface area contributed by atoms with E-state index in [1.165, 1.54) is 11.8 Å². The highest BCUT2D eigenvalue weighted by molar-refractivity contribution is 5.98. The van der Waals surface area contributed by atoms with Gasteiger partial charge in [0.25, 0.3) is 0 Å². The summed E-state index contributed by atoms with van der Waals surface area (Å²) in [6, 6.07) is 13.5. The second kappa shape index (κ2) is 10.5. The molecule has 0 spiro atoms. The molecule has 0 saturated carbocycles. The van der Waals surface area contributed by atoms with Gasteiger partial charge in [0, 0.05) is 37.9 Å². The van der Waals surface area contributed by atoms with Gasteiger partial charge in [0.15, 0.2) is 0 Å². The summed E-state index contributed by atoms with van der Waals surface area (Å²) in [5.74, 6) is 0.401. The van der Waals surface area contributed by atoms with Gasteiger partial charge in [0.1, 0.15) is 12.3 Å². The lowest BCUT2D eigenvalue weighted by Crippen LogP contribution is -2.40. The highest BCUT2D eigenvalue weighted by Crippen LogP contribution is 2.26. The Morgan fingerprint density at radius 1 is 1.03 bits per heavy atom. The van der Waals surface area contributed by atoms with Crippen LogP contribution < -0.4 is 19.9 Å². The molecule has 0 bridgehead atoms. The molecular formula is C23H31N3O3. The van der Waals surface area contributed by atoms with Crippen LogP contribution in [0.5, 0.6) is 5.75 Å². The molecule has 2 rings (SSSR count). The number of nitrogens with zero attached hydrogens (tertiary/aromatic N) is 2. The first-order valence-electron chi connectivity index (χ1n) is 9.92. The van der Waals surface area contributed by atoms with Crippen molar-refractivity contribution in [3.63, 3.8) is 0 Å². The minimum absolute atomic E-state index is 0.0169. The molecule has 0 aliphatic rings. The predicted molar refractivity (Wildman–Crippen MR) is 118 cm³/mol. The average Bonchev–Trinajstić information content (AvgIpc) is 2.72. The largest absolute Gasteiger partial charge is 0.497 e. The Labute approximate surface area is 173 Å². The van der Waals surface area contributed by atoms with Crippen LogP contribution in [0.15, 0.2) is 42.5 Å². The van der Waals surface area contributed by atoms with Crippen LogP contribution in [0.25, 0.3) is 0 Å². The quantitative estimate of drug-likeness (QED) is 0.703. The number of carbonyl (C=O) groups excluding carboxylic acids is 2. The fraction of sp³-hybridized carbons (Fsp3) is 0.391. The van der Waals surface area contributed by atoms with Crippen molar-refractivity contribution in [2.24, 2.45) is 0 Å². The van der Waals surface area contributed by atoms with E-state index in [1.807, 2.05) is 43.3 Å². The summed E-state index contributed by atoms with van der Waals surface area (Å²) in [7, 11) is 1.61. The molecule has 0 aliphatic carbocycles. The zero-order valence-corrected chi connectivity index (χ0v) is 18.0. The van der Waals surface area contributed by atoms with Crippen LogP contribution >= 0.6 is 0 Å². The third-order valence-electron chi connectivity index (χ3n) is 4.93. The maximum absolute atomic E-state index is 12.5. The summed E-state index contributed by atoms with van der Waals surface area (Å²) in [6.45, 7) is 9.88. The van der Waals surface area contributed by atoms with Gasteiger partial charge in [-0.2, -0.15) is 0 Å². The Morgan fingerprint density at radius 3 is 2.21 bits per heavy atom. The zero-order valence-electron chi connectivity index (χ0n) is 18.0. The number of aryl methyl sites for hydroxylation is 1. The van der Waals surface area contributed by atoms with Crippen molar-refractivity contribution >= 4 is 23.2 Å². The molecule has 29 heavy (non-hydrogen) atoms. The third kappa shape index (κ3) is 5.98. The summed E-state index contributed by atoms with van der Waals surface area (Å²) < 4.78 is 5.14. The van der Waals surface area contributed by atoms with Crippen LogP contribution in [0, 0.1) is 6.92 Å². The molecular weight excluding hydrogens is 366 g/mol. The highest BCUT2D eigenvalue weighted by atomic mass is 16.5. The van der Waals surface area contributed by atoms with Gasteiger partial charge < -0.3 is 19.9 Å². The maximum Gasteiger partial charge on any atom is 0.240 e. The fourth-order valence-electron chi connectivity index (χ4n) is 3.24. The number of benzene rings is 2. The van der Waals surface area contributed by atoms with Gasteiger partial charge in [0.2, 0.25) is 11.8 Å². The topological polar surface area (TPSA) is 61.9 Å². The van der Waals surface area contributed by atoms with E-state index in [4.69, 9.17) is 4.74 Å². The van der Waals surface area contributed by atoms with Gasteiger partial charge in [-0.15, -0.1) is 0 Å². The third-order valence-corrected chi connectivity index (χ3v) is 4.93. The molecule has 0 heterocycles. The first kappa shape index (κ1) is 22.3. The SMILES string of the molecule is CCN(CC)c1ccc(N(CC(=O)NCc2ccc(OC)cc2)C(C)=O)c(C)c1. The van der Waals surface area contributed by atoms with Crippen LogP contribution in [0.3, 0.4) is 0 Å². The Bertz CT molecular complexity index is 830. The fourth-order valence-corrected chi connectivity index (χ4v) is 3.24. The van der Waals surface area contributed by atoms with Gasteiger partial charge in [-0.05, 0) is 62.2 Å². The van der Waals surface area contributed by atoms with E-state index < -0.39 is 0 Å². The van der Waals surface area contributed by atoms with Crippen LogP contribution in [-0.2, 0) is 16.1 Å². The molecule has 0 fully saturated rings. The van der Waals surface area contributed by atoms with Crippen molar-refractivity contribution in [2.75, 3.05) is 36.5 Å². The van der Waals surface area contributed by atoms with E-state index in [1.54, 1.807) is 7.11 Å². The van der Waals surface area contributed by atoms with E-state index in [9.17, 15) is 9.59 Å². The number of rotatable bonds is 9. The van der Waals surface area contributed by atoms with Gasteiger partial charge in [-0.1, -0.05) is 12.1 Å². The Hall–Kier alpha value is -3.02. The molecule has 2 aromatic carbocycles. The standard InChI is InChI=1S/C23H31N3O3/c1-6-25(7-2)20-10-13-22(17(3)14-20)26(18(4)27)16-23(28)24-15-19-8-11-21(29-5)12-9-19/h8-14H,6-7,15-16H2,1-5H3,(H,24,28). The summed E-state index contributed by atoms with van der Waals surface area (Å²) in [6.07, 6.45) is 0. The first-order chi connectivity index (χ1) is 13.9. The smallest absolute Gasteiger partial charge is 0.240 e. The van der Waals surface area contributed by atoms with Crippen molar-refractivity contribution in [1.29, 1.82) is 0 Å². The molecule has 0 aromatic heterocycles. The molecule has 2 amide bonds. The number of amides is 2. The molecule has 0 radical (unpaired) electrons. The zero-order chi connectivity index (χ0) is 21.4. The number of anilines is 2. The number of ether oxygens (including phenoxy) is 1. The second-order valence-electron chi connectivity index (χ2n) is 6.87. The van der Waals surface area contributed by atoms with Gasteiger partial charge in [-0.25, -0.2) is 0 Å². The molecule has 6 heteroatoms. The average molecular weight is 398 g/mol. The molecule has 0 saturated heterocycles. The molecule has 6 nitrogen and oxygen atoms in total. The van der Waals surface area contributed by atoms with Crippen molar-refractivity contribution in [3.8, 4) is 5.75 Å². The number of methoxy groups -OCH3 is 1. The molecule has 0 atom stereocenters. The Morgan fingerprint density at radius 2 is 1.69 bits per heavy atom. The van der Waals surface area contributed by atoms with E-state index in [-0.39, 0.29) is 18.4 Å². The lowest BCUT2D eigenvalue weighted by atomic mass is 10.1. The van der Waals surface area contributed by atoms with Crippen molar-refractivity contribution in [3.05, 3.63) is 53.6 Å². The Balaban J connectivity index is 2.07. The van der Waals surface area contributed by atoms with E-state index in [0.717, 1.165) is 41.3 Å². The molecule has 0 unspecified atom stereocenters. The van der Waals surface area contributed by atoms with Crippen LogP contribution in [0.4, 0.5) is 11.4 Å². The van der Waals surface area contributed by atoms with Crippen molar-refractivity contribution in [1.82, 2.24) is 5.32 Å². The van der Waals surface area contributed by atoms with Crippen molar-refractivity contribution in [2.45, 2.75) is 34.2 Å². The minimum Gasteiger partial charge on any atom is -0.497 e. The second-order valence-corrected chi connectivity index (χ2v) is 6.87. The molecule has 1 N–H and O–H groups in total. The summed E-state index contributed by atoms with van der Waals surface area (Å²) in [5.41, 5.74) is 3.80. The molecule has 156 valence electrons. The Kier molecular flexibility index (Phi) is 8.07. The molecule has 2 aromatic rings. The van der Waals surface area contributed by atoms with E-state index in [0.29, 0.717) is 6.54 Å². The van der Waals surface area contributed by atoms with Crippen LogP contribution in [0.1, 0.15) is 31.9 Å². The van der Waals surface area contributed by atoms with Crippen LogP contribution in [-0.4, -0.2) is 38.6 Å². The lowest BCUT2D eigenvalue weighted by Gasteiger charge is -2.26. The normalized spacial score (nSPS) is 10.4. The van der Waals surface area contributed by atoms with E-state index in [2.05, 4.69) is 30.1 Å². The van der Waals surface area contributed by atoms with Gasteiger partial charge >= 0.3 is 0 Å². The summed E-state index contributed by atoms with van der Waals surface area (Å²) >= 11 is 0. The maximum atomic E-state index is 12.5. The number of carbonyl (C=O) groups is 2.